The van der Waals surface area contributed by atoms with Crippen molar-refractivity contribution in [3.63, 3.8) is 0 Å². The predicted octanol–water partition coefficient (Wildman–Crippen LogP) is 8.60. The van der Waals surface area contributed by atoms with Crippen LogP contribution in [0.3, 0.4) is 0 Å². The molecule has 0 saturated carbocycles. The summed E-state index contributed by atoms with van der Waals surface area (Å²) in [4.78, 5) is 0. The van der Waals surface area contributed by atoms with Crippen molar-refractivity contribution < 1.29 is 15.3 Å². The van der Waals surface area contributed by atoms with Gasteiger partial charge in [0.05, 0.1) is 0 Å². The van der Waals surface area contributed by atoms with Crippen LogP contribution in [0.1, 0.15) is 22.3 Å². The molecular weight excluding hydrogens is 480 g/mol. The van der Waals surface area contributed by atoms with Crippen LogP contribution in [-0.2, 0) is 12.8 Å². The van der Waals surface area contributed by atoms with E-state index in [0.29, 0.717) is 24.0 Å². The van der Waals surface area contributed by atoms with Gasteiger partial charge >= 0.3 is 0 Å². The van der Waals surface area contributed by atoms with E-state index in [9.17, 15) is 15.3 Å². The molecule has 7 rings (SSSR count). The molecule has 0 bridgehead atoms. The maximum absolute atomic E-state index is 11.6. The van der Waals surface area contributed by atoms with Crippen molar-refractivity contribution in [2.45, 2.75) is 12.8 Å². The average molecular weight is 507 g/mol. The summed E-state index contributed by atoms with van der Waals surface area (Å²) in [7, 11) is 0. The van der Waals surface area contributed by atoms with Crippen LogP contribution in [0.2, 0.25) is 0 Å². The number of aromatic hydroxyl groups is 3. The Labute approximate surface area is 225 Å². The zero-order valence-electron chi connectivity index (χ0n) is 21.2. The quantitative estimate of drug-likeness (QED) is 0.210. The summed E-state index contributed by atoms with van der Waals surface area (Å²) in [6.07, 6.45) is 0.645. The molecule has 0 aliphatic heterocycles. The molecule has 0 atom stereocenters. The predicted molar refractivity (Wildman–Crippen MR) is 160 cm³/mol. The van der Waals surface area contributed by atoms with Crippen molar-refractivity contribution in [2.75, 3.05) is 0 Å². The first-order valence-electron chi connectivity index (χ1n) is 13.1. The zero-order chi connectivity index (χ0) is 26.5. The minimum atomic E-state index is -0.117. The lowest BCUT2D eigenvalue weighted by Crippen LogP contribution is -1.99. The number of hydrogen-bond acceptors (Lipinski definition) is 3. The minimum Gasteiger partial charge on any atom is -0.507 e. The Morgan fingerprint density at radius 3 is 1.00 bits per heavy atom. The summed E-state index contributed by atoms with van der Waals surface area (Å²) >= 11 is 0. The molecule has 3 N–H and O–H groups in total. The third kappa shape index (κ3) is 3.82. The first kappa shape index (κ1) is 23.1. The van der Waals surface area contributed by atoms with E-state index in [1.54, 1.807) is 0 Å². The lowest BCUT2D eigenvalue weighted by atomic mass is 9.88. The van der Waals surface area contributed by atoms with Crippen LogP contribution in [0.15, 0.2) is 115 Å². The second-order valence-electron chi connectivity index (χ2n) is 10.2. The molecule has 0 fully saturated rings. The van der Waals surface area contributed by atoms with E-state index >= 15 is 0 Å². The fourth-order valence-electron chi connectivity index (χ4n) is 6.03. The minimum absolute atomic E-state index is 0.0680. The van der Waals surface area contributed by atoms with Crippen molar-refractivity contribution in [1.29, 1.82) is 0 Å². The Morgan fingerprint density at radius 1 is 0.359 bits per heavy atom. The summed E-state index contributed by atoms with van der Waals surface area (Å²) in [5.74, 6) is -0.302. The van der Waals surface area contributed by atoms with Gasteiger partial charge in [-0.2, -0.15) is 0 Å². The smallest absolute Gasteiger partial charge is 0.130 e. The molecule has 0 saturated heterocycles. The van der Waals surface area contributed by atoms with Gasteiger partial charge in [0.15, 0.2) is 0 Å². The number of rotatable bonds is 4. The van der Waals surface area contributed by atoms with E-state index in [2.05, 4.69) is 60.7 Å². The fraction of sp³-hybridized carbons (Fsp3) is 0.0556. The molecule has 0 aliphatic carbocycles. The van der Waals surface area contributed by atoms with Gasteiger partial charge in [0, 0.05) is 30.0 Å². The van der Waals surface area contributed by atoms with Crippen LogP contribution >= 0.6 is 0 Å². The van der Waals surface area contributed by atoms with Crippen LogP contribution in [0.25, 0.3) is 43.1 Å². The normalized spacial score (nSPS) is 11.6. The molecule has 3 heteroatoms. The molecule has 188 valence electrons. The van der Waals surface area contributed by atoms with Crippen LogP contribution < -0.4 is 0 Å². The standard InChI is InChI=1S/C36H26O3/c37-34-21-35(38)33(20-31-28-15-7-3-11-24(28)18-25-12-4-8-16-29(25)31)36(39)32(34)19-30-26-13-5-1-9-22(26)17-23-10-2-6-14-27(23)30/h1-18,21,37-39H,19-20H2. The lowest BCUT2D eigenvalue weighted by molar-refractivity contribution is 0.413. The number of benzene rings is 7. The molecule has 39 heavy (non-hydrogen) atoms. The molecule has 0 aromatic heterocycles. The first-order valence-corrected chi connectivity index (χ1v) is 13.1. The van der Waals surface area contributed by atoms with E-state index in [0.717, 1.165) is 54.2 Å². The van der Waals surface area contributed by atoms with Crippen molar-refractivity contribution >= 4 is 43.1 Å². The molecule has 0 aliphatic rings. The average Bonchev–Trinajstić information content (AvgIpc) is 2.96. The SMILES string of the molecule is Oc1cc(O)c(Cc2c3ccccc3cc3ccccc23)c(O)c1Cc1c2ccccc2cc2ccccc12. The summed E-state index contributed by atoms with van der Waals surface area (Å²) in [6, 6.07) is 38.4. The van der Waals surface area contributed by atoms with Gasteiger partial charge < -0.3 is 15.3 Å². The van der Waals surface area contributed by atoms with Crippen molar-refractivity contribution in [3.05, 3.63) is 138 Å². The lowest BCUT2D eigenvalue weighted by Gasteiger charge is -2.18. The highest BCUT2D eigenvalue weighted by atomic mass is 16.3. The highest BCUT2D eigenvalue weighted by molar-refractivity contribution is 6.03. The number of phenolic OH excluding ortho intramolecular Hbond substituents is 3. The maximum Gasteiger partial charge on any atom is 0.130 e. The van der Waals surface area contributed by atoms with Gasteiger partial charge in [-0.25, -0.2) is 0 Å². The third-order valence-corrected chi connectivity index (χ3v) is 7.94. The van der Waals surface area contributed by atoms with Gasteiger partial charge in [0.25, 0.3) is 0 Å². The van der Waals surface area contributed by atoms with Gasteiger partial charge in [-0.3, -0.25) is 0 Å². The van der Waals surface area contributed by atoms with Crippen LogP contribution in [0.5, 0.6) is 17.2 Å². The largest absolute Gasteiger partial charge is 0.507 e. The van der Waals surface area contributed by atoms with Crippen molar-refractivity contribution in [1.82, 2.24) is 0 Å². The molecule has 0 spiro atoms. The third-order valence-electron chi connectivity index (χ3n) is 7.94. The Kier molecular flexibility index (Phi) is 5.38. The summed E-state index contributed by atoms with van der Waals surface area (Å²) in [6.45, 7) is 0. The number of hydrogen-bond donors (Lipinski definition) is 3. The Hall–Kier alpha value is -5.02. The van der Waals surface area contributed by atoms with Gasteiger partial charge in [-0.15, -0.1) is 0 Å². The highest BCUT2D eigenvalue weighted by Crippen LogP contribution is 2.43. The molecule has 0 amide bonds. The van der Waals surface area contributed by atoms with E-state index in [1.807, 2.05) is 48.5 Å². The van der Waals surface area contributed by atoms with E-state index in [4.69, 9.17) is 0 Å². The summed E-state index contributed by atoms with van der Waals surface area (Å²) < 4.78 is 0. The van der Waals surface area contributed by atoms with E-state index in [-0.39, 0.29) is 17.2 Å². The van der Waals surface area contributed by atoms with Crippen LogP contribution in [0.4, 0.5) is 0 Å². The molecule has 0 heterocycles. The van der Waals surface area contributed by atoms with Gasteiger partial charge in [0.2, 0.25) is 0 Å². The van der Waals surface area contributed by atoms with E-state index < -0.39 is 0 Å². The first-order chi connectivity index (χ1) is 19.1. The monoisotopic (exact) mass is 506 g/mol. The molecule has 3 nitrogen and oxygen atoms in total. The fourth-order valence-corrected chi connectivity index (χ4v) is 6.03. The van der Waals surface area contributed by atoms with E-state index in [1.165, 1.54) is 6.07 Å². The zero-order valence-corrected chi connectivity index (χ0v) is 21.2. The van der Waals surface area contributed by atoms with Gasteiger partial charge in [-0.05, 0) is 66.3 Å². The number of phenols is 3. The highest BCUT2D eigenvalue weighted by Gasteiger charge is 2.21. The topological polar surface area (TPSA) is 60.7 Å². The Bertz CT molecular complexity index is 1800. The van der Waals surface area contributed by atoms with Crippen molar-refractivity contribution in [2.24, 2.45) is 0 Å². The van der Waals surface area contributed by atoms with Crippen LogP contribution in [-0.4, -0.2) is 15.3 Å². The Morgan fingerprint density at radius 2 is 0.667 bits per heavy atom. The number of fused-ring (bicyclic) bond motifs is 4. The second kappa shape index (κ2) is 9.07. The molecule has 0 radical (unpaired) electrons. The second-order valence-corrected chi connectivity index (χ2v) is 10.2. The maximum atomic E-state index is 11.6. The Balaban J connectivity index is 1.42. The van der Waals surface area contributed by atoms with Gasteiger partial charge in [-0.1, -0.05) is 97.1 Å². The molecular formula is C36H26O3. The molecule has 7 aromatic carbocycles. The summed E-state index contributed by atoms with van der Waals surface area (Å²) in [5.41, 5.74) is 2.88. The summed E-state index contributed by atoms with van der Waals surface area (Å²) in [5, 5.41) is 42.3. The molecule has 7 aromatic rings. The van der Waals surface area contributed by atoms with Crippen LogP contribution in [0, 0.1) is 0 Å². The van der Waals surface area contributed by atoms with Gasteiger partial charge in [0.1, 0.15) is 17.2 Å². The van der Waals surface area contributed by atoms with Crippen molar-refractivity contribution in [3.8, 4) is 17.2 Å². The molecule has 0 unspecified atom stereocenters.